The molecule has 3 aromatic heterocycles. The van der Waals surface area contributed by atoms with Crippen LogP contribution in [-0.2, 0) is 12.1 Å². The van der Waals surface area contributed by atoms with Crippen LogP contribution in [0.25, 0.3) is 0 Å². The molecule has 2 N–H and O–H groups in total. The lowest BCUT2D eigenvalue weighted by Crippen LogP contribution is -2.38. The minimum absolute atomic E-state index is 0.0342. The molecule has 1 amide bonds. The van der Waals surface area contributed by atoms with Crippen molar-refractivity contribution in [3.8, 4) is 0 Å². The van der Waals surface area contributed by atoms with E-state index in [0.717, 1.165) is 0 Å². The molecule has 0 bridgehead atoms. The Balaban J connectivity index is 1.63. The smallest absolute Gasteiger partial charge is 0.287 e. The number of pyridine rings is 1. The molecule has 0 spiro atoms. The van der Waals surface area contributed by atoms with Gasteiger partial charge >= 0.3 is 0 Å². The first-order valence-electron chi connectivity index (χ1n) is 7.74. The fourth-order valence-corrected chi connectivity index (χ4v) is 2.36. The lowest BCUT2D eigenvalue weighted by molar-refractivity contribution is 0.0326. The number of furan rings is 2. The lowest BCUT2D eigenvalue weighted by atomic mass is 10.0. The van der Waals surface area contributed by atoms with E-state index in [1.807, 2.05) is 0 Å². The molecule has 25 heavy (non-hydrogen) atoms. The van der Waals surface area contributed by atoms with Crippen molar-refractivity contribution in [3.05, 3.63) is 82.6 Å². The molecule has 3 rings (SSSR count). The van der Waals surface area contributed by atoms with Crippen molar-refractivity contribution in [2.24, 2.45) is 0 Å². The van der Waals surface area contributed by atoms with Gasteiger partial charge in [0.15, 0.2) is 5.76 Å². The molecular formula is C18H18N2O5. The van der Waals surface area contributed by atoms with Crippen molar-refractivity contribution in [1.82, 2.24) is 9.88 Å². The van der Waals surface area contributed by atoms with Gasteiger partial charge in [0, 0.05) is 12.3 Å². The standard InChI is InChI=1S/C18H18N2O5/c1-18(23,15-5-4-10-24-15)12-19-17(22)14-8-7-13(25-14)11-20-9-3-2-6-16(20)21/h2-10,23H,11-12H2,1H3,(H,19,22). The SMILES string of the molecule is CC(O)(CNC(=O)c1ccc(Cn2ccccc2=O)o1)c1ccco1. The van der Waals surface area contributed by atoms with Gasteiger partial charge in [0.2, 0.25) is 0 Å². The lowest BCUT2D eigenvalue weighted by Gasteiger charge is -2.20. The quantitative estimate of drug-likeness (QED) is 0.711. The van der Waals surface area contributed by atoms with Crippen LogP contribution in [0.4, 0.5) is 0 Å². The van der Waals surface area contributed by atoms with Gasteiger partial charge in [-0.3, -0.25) is 9.59 Å². The van der Waals surface area contributed by atoms with E-state index in [0.29, 0.717) is 11.5 Å². The second-order valence-corrected chi connectivity index (χ2v) is 5.87. The Bertz CT molecular complexity index is 905. The number of rotatable bonds is 6. The Morgan fingerprint density at radius 3 is 2.80 bits per heavy atom. The first-order chi connectivity index (χ1) is 12.0. The highest BCUT2D eigenvalue weighted by Gasteiger charge is 2.27. The van der Waals surface area contributed by atoms with Gasteiger partial charge in [-0.1, -0.05) is 6.07 Å². The monoisotopic (exact) mass is 342 g/mol. The van der Waals surface area contributed by atoms with Crippen LogP contribution < -0.4 is 10.9 Å². The van der Waals surface area contributed by atoms with Crippen LogP contribution in [0.1, 0.15) is 29.0 Å². The number of aliphatic hydroxyl groups is 1. The average Bonchev–Trinajstić information content (AvgIpc) is 3.27. The first-order valence-corrected chi connectivity index (χ1v) is 7.74. The van der Waals surface area contributed by atoms with Crippen molar-refractivity contribution < 1.29 is 18.7 Å². The Hall–Kier alpha value is -3.06. The summed E-state index contributed by atoms with van der Waals surface area (Å²) in [5, 5.41) is 12.9. The molecule has 0 radical (unpaired) electrons. The summed E-state index contributed by atoms with van der Waals surface area (Å²) < 4.78 is 12.1. The summed E-state index contributed by atoms with van der Waals surface area (Å²) in [7, 11) is 0. The molecule has 7 heteroatoms. The number of nitrogens with one attached hydrogen (secondary N) is 1. The van der Waals surface area contributed by atoms with E-state index in [9.17, 15) is 14.7 Å². The van der Waals surface area contributed by atoms with Gasteiger partial charge in [-0.25, -0.2) is 0 Å². The zero-order valence-corrected chi connectivity index (χ0v) is 13.6. The maximum atomic E-state index is 12.2. The van der Waals surface area contributed by atoms with Crippen LogP contribution in [0.2, 0.25) is 0 Å². The molecule has 0 aliphatic rings. The molecule has 130 valence electrons. The van der Waals surface area contributed by atoms with E-state index < -0.39 is 11.5 Å². The number of carbonyl (C=O) groups is 1. The predicted molar refractivity (Wildman–Crippen MR) is 89.1 cm³/mol. The van der Waals surface area contributed by atoms with Crippen LogP contribution in [0.5, 0.6) is 0 Å². The van der Waals surface area contributed by atoms with Crippen molar-refractivity contribution in [1.29, 1.82) is 0 Å². The fraction of sp³-hybridized carbons (Fsp3) is 0.222. The predicted octanol–water partition coefficient (Wildman–Crippen LogP) is 1.72. The first kappa shape index (κ1) is 16.8. The molecule has 3 aromatic rings. The van der Waals surface area contributed by atoms with Crippen LogP contribution in [0, 0.1) is 0 Å². The third-order valence-corrected chi connectivity index (χ3v) is 3.76. The van der Waals surface area contributed by atoms with E-state index in [2.05, 4.69) is 5.32 Å². The van der Waals surface area contributed by atoms with E-state index in [-0.39, 0.29) is 24.4 Å². The number of aromatic nitrogens is 1. The number of hydrogen-bond acceptors (Lipinski definition) is 5. The molecule has 0 fully saturated rings. The molecule has 0 aliphatic heterocycles. The fourth-order valence-electron chi connectivity index (χ4n) is 2.36. The van der Waals surface area contributed by atoms with Gasteiger partial charge in [0.05, 0.1) is 19.4 Å². The van der Waals surface area contributed by atoms with Gasteiger partial charge in [-0.05, 0) is 37.3 Å². The minimum atomic E-state index is -1.33. The zero-order valence-electron chi connectivity index (χ0n) is 13.6. The summed E-state index contributed by atoms with van der Waals surface area (Å²) in [6, 6.07) is 11.3. The second kappa shape index (κ2) is 6.82. The minimum Gasteiger partial charge on any atom is -0.466 e. The van der Waals surface area contributed by atoms with Gasteiger partial charge in [-0.15, -0.1) is 0 Å². The van der Waals surface area contributed by atoms with Gasteiger partial charge in [0.1, 0.15) is 17.1 Å². The summed E-state index contributed by atoms with van der Waals surface area (Å²) in [6.45, 7) is 1.74. The molecule has 0 aliphatic carbocycles. The molecule has 1 unspecified atom stereocenters. The normalized spacial score (nSPS) is 13.4. The maximum Gasteiger partial charge on any atom is 0.287 e. The Labute approximate surface area is 143 Å². The van der Waals surface area contributed by atoms with E-state index in [1.54, 1.807) is 43.5 Å². The van der Waals surface area contributed by atoms with Crippen molar-refractivity contribution in [2.75, 3.05) is 6.54 Å². The molecule has 7 nitrogen and oxygen atoms in total. The Kier molecular flexibility index (Phi) is 4.58. The Morgan fingerprint density at radius 1 is 1.24 bits per heavy atom. The number of hydrogen-bond donors (Lipinski definition) is 2. The topological polar surface area (TPSA) is 97.6 Å². The summed E-state index contributed by atoms with van der Waals surface area (Å²) in [6.07, 6.45) is 3.10. The van der Waals surface area contributed by atoms with Crippen LogP contribution in [0.3, 0.4) is 0 Å². The number of amides is 1. The van der Waals surface area contributed by atoms with E-state index in [1.165, 1.54) is 23.0 Å². The highest BCUT2D eigenvalue weighted by Crippen LogP contribution is 2.20. The average molecular weight is 342 g/mol. The second-order valence-electron chi connectivity index (χ2n) is 5.87. The molecule has 0 aromatic carbocycles. The van der Waals surface area contributed by atoms with Crippen LogP contribution >= 0.6 is 0 Å². The molecule has 0 saturated carbocycles. The largest absolute Gasteiger partial charge is 0.466 e. The zero-order chi connectivity index (χ0) is 17.9. The van der Waals surface area contributed by atoms with Gasteiger partial charge in [0.25, 0.3) is 11.5 Å². The summed E-state index contributed by atoms with van der Waals surface area (Å²) in [5.74, 6) is 0.486. The number of nitrogens with zero attached hydrogens (tertiary/aromatic N) is 1. The third-order valence-electron chi connectivity index (χ3n) is 3.76. The van der Waals surface area contributed by atoms with Crippen molar-refractivity contribution in [2.45, 2.75) is 19.1 Å². The van der Waals surface area contributed by atoms with E-state index >= 15 is 0 Å². The summed E-state index contributed by atoms with van der Waals surface area (Å²) in [4.78, 5) is 23.9. The van der Waals surface area contributed by atoms with Crippen molar-refractivity contribution in [3.63, 3.8) is 0 Å². The molecule has 0 saturated heterocycles. The van der Waals surface area contributed by atoms with Crippen molar-refractivity contribution >= 4 is 5.91 Å². The highest BCUT2D eigenvalue weighted by molar-refractivity contribution is 5.91. The highest BCUT2D eigenvalue weighted by atomic mass is 16.4. The Morgan fingerprint density at radius 2 is 2.08 bits per heavy atom. The van der Waals surface area contributed by atoms with E-state index in [4.69, 9.17) is 8.83 Å². The van der Waals surface area contributed by atoms with Crippen LogP contribution in [-0.4, -0.2) is 22.1 Å². The van der Waals surface area contributed by atoms with Gasteiger partial charge < -0.3 is 23.8 Å². The molecule has 1 atom stereocenters. The third kappa shape index (κ3) is 3.89. The summed E-state index contributed by atoms with van der Waals surface area (Å²) in [5.41, 5.74) is -1.48. The summed E-state index contributed by atoms with van der Waals surface area (Å²) >= 11 is 0. The number of carbonyl (C=O) groups excluding carboxylic acids is 1. The molecular weight excluding hydrogens is 324 g/mol. The van der Waals surface area contributed by atoms with Gasteiger partial charge in [-0.2, -0.15) is 0 Å². The maximum absolute atomic E-state index is 12.2. The molecule has 3 heterocycles. The van der Waals surface area contributed by atoms with Crippen LogP contribution in [0.15, 0.2) is 68.6 Å².